The summed E-state index contributed by atoms with van der Waals surface area (Å²) in [5, 5.41) is 2.83. The van der Waals surface area contributed by atoms with Crippen LogP contribution in [0.25, 0.3) is 0 Å². The van der Waals surface area contributed by atoms with Gasteiger partial charge in [0, 0.05) is 12.0 Å². The minimum Gasteiger partial charge on any atom is -0.491 e. The third-order valence-corrected chi connectivity index (χ3v) is 4.89. The molecule has 31 heavy (non-hydrogen) atoms. The van der Waals surface area contributed by atoms with Crippen LogP contribution < -0.4 is 19.7 Å². The largest absolute Gasteiger partial charge is 0.491 e. The number of carbonyl (C=O) groups is 3. The van der Waals surface area contributed by atoms with Crippen LogP contribution in [0.1, 0.15) is 50.4 Å². The standard InChI is InChI=1S/C24H28N2O5/c1-4-8-20(27)17-11-12-22-19(14-17)26(24(29)16(3)31-22)15-23(28)25-18-9-6-7-10-21(18)30-13-5-2/h6-7,9-12,14,16H,4-5,8,13,15H2,1-3H3,(H,25,28). The lowest BCUT2D eigenvalue weighted by Crippen LogP contribution is -2.47. The van der Waals surface area contributed by atoms with Crippen molar-refractivity contribution in [2.24, 2.45) is 0 Å². The number of anilines is 2. The number of benzene rings is 2. The maximum atomic E-state index is 12.8. The summed E-state index contributed by atoms with van der Waals surface area (Å²) in [5.41, 5.74) is 1.47. The van der Waals surface area contributed by atoms with Crippen LogP contribution >= 0.6 is 0 Å². The lowest BCUT2D eigenvalue weighted by Gasteiger charge is -2.33. The maximum Gasteiger partial charge on any atom is 0.268 e. The number of rotatable bonds is 9. The Hall–Kier alpha value is -3.35. The third kappa shape index (κ3) is 5.23. The molecule has 1 atom stereocenters. The predicted octanol–water partition coefficient (Wildman–Crippen LogP) is 4.21. The summed E-state index contributed by atoms with van der Waals surface area (Å²) >= 11 is 0. The average molecular weight is 424 g/mol. The summed E-state index contributed by atoms with van der Waals surface area (Å²) < 4.78 is 11.4. The number of nitrogens with one attached hydrogen (secondary N) is 1. The van der Waals surface area contributed by atoms with E-state index in [9.17, 15) is 14.4 Å². The van der Waals surface area contributed by atoms with E-state index in [1.54, 1.807) is 43.3 Å². The molecule has 2 aromatic rings. The van der Waals surface area contributed by atoms with Crippen molar-refractivity contribution in [2.45, 2.75) is 46.1 Å². The molecule has 0 fully saturated rings. The zero-order chi connectivity index (χ0) is 22.4. The molecule has 0 saturated heterocycles. The van der Waals surface area contributed by atoms with Crippen molar-refractivity contribution in [2.75, 3.05) is 23.4 Å². The Kier molecular flexibility index (Phi) is 7.28. The minimum absolute atomic E-state index is 0.0113. The number of ketones is 1. The highest BCUT2D eigenvalue weighted by atomic mass is 16.5. The van der Waals surface area contributed by atoms with Crippen LogP contribution in [0, 0.1) is 0 Å². The Morgan fingerprint density at radius 2 is 1.90 bits per heavy atom. The van der Waals surface area contributed by atoms with Crippen LogP contribution in [0.2, 0.25) is 0 Å². The highest BCUT2D eigenvalue weighted by molar-refractivity contribution is 6.07. The summed E-state index contributed by atoms with van der Waals surface area (Å²) in [7, 11) is 0. The van der Waals surface area contributed by atoms with Crippen LogP contribution in [0.4, 0.5) is 11.4 Å². The normalized spacial score (nSPS) is 15.1. The molecule has 1 aliphatic heterocycles. The summed E-state index contributed by atoms with van der Waals surface area (Å²) in [5.74, 6) is 0.333. The van der Waals surface area contributed by atoms with Gasteiger partial charge in [-0.05, 0) is 50.1 Å². The molecule has 1 unspecified atom stereocenters. The van der Waals surface area contributed by atoms with Crippen molar-refractivity contribution in [3.8, 4) is 11.5 Å². The number of ether oxygens (including phenoxy) is 2. The monoisotopic (exact) mass is 424 g/mol. The molecule has 3 rings (SSSR count). The van der Waals surface area contributed by atoms with E-state index in [1.807, 2.05) is 19.9 Å². The molecule has 0 aromatic heterocycles. The van der Waals surface area contributed by atoms with Gasteiger partial charge in [0.2, 0.25) is 5.91 Å². The first kappa shape index (κ1) is 22.3. The molecule has 1 aliphatic rings. The zero-order valence-electron chi connectivity index (χ0n) is 18.1. The Balaban J connectivity index is 1.82. The molecule has 1 heterocycles. The smallest absolute Gasteiger partial charge is 0.268 e. The summed E-state index contributed by atoms with van der Waals surface area (Å²) in [6.45, 7) is 5.91. The van der Waals surface area contributed by atoms with Crippen LogP contribution in [0.5, 0.6) is 11.5 Å². The molecule has 0 aliphatic carbocycles. The average Bonchev–Trinajstić information content (AvgIpc) is 2.76. The second-order valence-corrected chi connectivity index (χ2v) is 7.43. The van der Waals surface area contributed by atoms with E-state index in [2.05, 4.69) is 5.32 Å². The Bertz CT molecular complexity index is 972. The first-order chi connectivity index (χ1) is 14.9. The van der Waals surface area contributed by atoms with E-state index in [1.165, 1.54) is 4.90 Å². The molecule has 0 saturated carbocycles. The Morgan fingerprint density at radius 1 is 1.13 bits per heavy atom. The summed E-state index contributed by atoms with van der Waals surface area (Å²) in [6, 6.07) is 12.2. The second kappa shape index (κ2) is 10.1. The summed E-state index contributed by atoms with van der Waals surface area (Å²) in [6.07, 6.45) is 1.27. The molecule has 1 N–H and O–H groups in total. The molecule has 2 amide bonds. The van der Waals surface area contributed by atoms with Crippen LogP contribution in [-0.4, -0.2) is 36.9 Å². The van der Waals surface area contributed by atoms with Gasteiger partial charge in [-0.3, -0.25) is 19.3 Å². The van der Waals surface area contributed by atoms with Crippen LogP contribution in [0.15, 0.2) is 42.5 Å². The molecule has 0 bridgehead atoms. The van der Waals surface area contributed by atoms with Crippen molar-refractivity contribution in [1.82, 2.24) is 0 Å². The molecular formula is C24H28N2O5. The van der Waals surface area contributed by atoms with Gasteiger partial charge < -0.3 is 14.8 Å². The number of hydrogen-bond acceptors (Lipinski definition) is 5. The van der Waals surface area contributed by atoms with Crippen molar-refractivity contribution >= 4 is 29.0 Å². The molecule has 164 valence electrons. The quantitative estimate of drug-likeness (QED) is 0.610. The number of hydrogen-bond donors (Lipinski definition) is 1. The summed E-state index contributed by atoms with van der Waals surface area (Å²) in [4.78, 5) is 39.3. The van der Waals surface area contributed by atoms with Crippen LogP contribution in [0.3, 0.4) is 0 Å². The lowest BCUT2D eigenvalue weighted by molar-refractivity contribution is -0.127. The van der Waals surface area contributed by atoms with Gasteiger partial charge in [-0.2, -0.15) is 0 Å². The van der Waals surface area contributed by atoms with Gasteiger partial charge in [0.15, 0.2) is 11.9 Å². The lowest BCUT2D eigenvalue weighted by atomic mass is 10.0. The van der Waals surface area contributed by atoms with E-state index in [0.29, 0.717) is 41.5 Å². The molecular weight excluding hydrogens is 396 g/mol. The number of para-hydroxylation sites is 2. The van der Waals surface area contributed by atoms with Gasteiger partial charge >= 0.3 is 0 Å². The van der Waals surface area contributed by atoms with Gasteiger partial charge in [-0.1, -0.05) is 26.0 Å². The van der Waals surface area contributed by atoms with Crippen molar-refractivity contribution in [3.05, 3.63) is 48.0 Å². The molecule has 7 nitrogen and oxygen atoms in total. The minimum atomic E-state index is -0.724. The van der Waals surface area contributed by atoms with Crippen molar-refractivity contribution in [1.29, 1.82) is 0 Å². The van der Waals surface area contributed by atoms with E-state index in [-0.39, 0.29) is 24.1 Å². The number of nitrogens with zero attached hydrogens (tertiary/aromatic N) is 1. The van der Waals surface area contributed by atoms with Gasteiger partial charge in [-0.25, -0.2) is 0 Å². The number of carbonyl (C=O) groups excluding carboxylic acids is 3. The Morgan fingerprint density at radius 3 is 2.65 bits per heavy atom. The Labute approximate surface area is 182 Å². The van der Waals surface area contributed by atoms with E-state index >= 15 is 0 Å². The highest BCUT2D eigenvalue weighted by Gasteiger charge is 2.33. The molecule has 0 radical (unpaired) electrons. The topological polar surface area (TPSA) is 84.9 Å². The SMILES string of the molecule is CCCOc1ccccc1NC(=O)CN1C(=O)C(C)Oc2ccc(C(=O)CCC)cc21. The third-order valence-electron chi connectivity index (χ3n) is 4.89. The van der Waals surface area contributed by atoms with Gasteiger partial charge in [0.05, 0.1) is 18.0 Å². The first-order valence-electron chi connectivity index (χ1n) is 10.6. The molecule has 2 aromatic carbocycles. The van der Waals surface area contributed by atoms with Crippen molar-refractivity contribution < 1.29 is 23.9 Å². The van der Waals surface area contributed by atoms with Gasteiger partial charge in [0.25, 0.3) is 5.91 Å². The maximum absolute atomic E-state index is 12.8. The van der Waals surface area contributed by atoms with Crippen LogP contribution in [-0.2, 0) is 9.59 Å². The second-order valence-electron chi connectivity index (χ2n) is 7.43. The van der Waals surface area contributed by atoms with E-state index in [0.717, 1.165) is 12.8 Å². The van der Waals surface area contributed by atoms with E-state index < -0.39 is 6.10 Å². The van der Waals surface area contributed by atoms with Gasteiger partial charge in [-0.15, -0.1) is 0 Å². The highest BCUT2D eigenvalue weighted by Crippen LogP contribution is 2.35. The van der Waals surface area contributed by atoms with Gasteiger partial charge in [0.1, 0.15) is 18.0 Å². The fraction of sp³-hybridized carbons (Fsp3) is 0.375. The fourth-order valence-corrected chi connectivity index (χ4v) is 3.36. The number of Topliss-reactive ketones (excluding diaryl/α,β-unsaturated/α-hetero) is 1. The first-order valence-corrected chi connectivity index (χ1v) is 10.6. The predicted molar refractivity (Wildman–Crippen MR) is 119 cm³/mol. The molecule has 0 spiro atoms. The zero-order valence-corrected chi connectivity index (χ0v) is 18.1. The van der Waals surface area contributed by atoms with E-state index in [4.69, 9.17) is 9.47 Å². The molecule has 7 heteroatoms. The number of fused-ring (bicyclic) bond motifs is 1. The number of amides is 2. The van der Waals surface area contributed by atoms with Crippen molar-refractivity contribution in [3.63, 3.8) is 0 Å². The fourth-order valence-electron chi connectivity index (χ4n) is 3.36.